The molecule has 86 valence electrons. The lowest BCUT2D eigenvalue weighted by Crippen LogP contribution is -1.84. The van der Waals surface area contributed by atoms with E-state index < -0.39 is 0 Å². The molecule has 2 aromatic rings. The highest BCUT2D eigenvalue weighted by Crippen LogP contribution is 2.14. The van der Waals surface area contributed by atoms with E-state index >= 15 is 0 Å². The first kappa shape index (κ1) is 11.4. The monoisotopic (exact) mass is 225 g/mol. The Balaban J connectivity index is 2.19. The third-order valence-electron chi connectivity index (χ3n) is 2.45. The first-order chi connectivity index (χ1) is 8.28. The molecule has 0 aliphatic heterocycles. The molecule has 0 N–H and O–H groups in total. The van der Waals surface area contributed by atoms with Gasteiger partial charge in [-0.2, -0.15) is 0 Å². The van der Waals surface area contributed by atoms with Crippen molar-refractivity contribution in [3.63, 3.8) is 0 Å². The predicted molar refractivity (Wildman–Crippen MR) is 70.9 cm³/mol. The molecule has 0 aliphatic carbocycles. The van der Waals surface area contributed by atoms with Crippen molar-refractivity contribution >= 4 is 12.2 Å². The van der Waals surface area contributed by atoms with Crippen molar-refractivity contribution in [3.8, 4) is 5.75 Å². The lowest BCUT2D eigenvalue weighted by Gasteiger charge is -2.00. The normalized spacial score (nSPS) is 10.7. The zero-order valence-electron chi connectivity index (χ0n) is 10.1. The van der Waals surface area contributed by atoms with Crippen LogP contribution in [0.15, 0.2) is 42.5 Å². The molecule has 0 bridgehead atoms. The molecule has 1 aromatic carbocycles. The summed E-state index contributed by atoms with van der Waals surface area (Å²) >= 11 is 0. The van der Waals surface area contributed by atoms with E-state index in [1.54, 1.807) is 7.11 Å². The number of ether oxygens (including phenoxy) is 1. The van der Waals surface area contributed by atoms with E-state index in [2.05, 4.69) is 4.98 Å². The topological polar surface area (TPSA) is 22.1 Å². The molecule has 17 heavy (non-hydrogen) atoms. The molecule has 0 spiro atoms. The molecule has 1 aromatic heterocycles. The number of methoxy groups -OCH3 is 1. The molecule has 0 aliphatic rings. The van der Waals surface area contributed by atoms with Crippen LogP contribution in [0.3, 0.4) is 0 Å². The van der Waals surface area contributed by atoms with E-state index in [0.717, 1.165) is 22.7 Å². The molecule has 2 heteroatoms. The maximum absolute atomic E-state index is 5.18. The Labute approximate surface area is 102 Å². The minimum atomic E-state index is 0.865. The highest BCUT2D eigenvalue weighted by atomic mass is 16.5. The molecule has 0 fully saturated rings. The van der Waals surface area contributed by atoms with Crippen LogP contribution in [0.1, 0.15) is 17.0 Å². The van der Waals surface area contributed by atoms with Gasteiger partial charge in [-0.3, -0.25) is 4.98 Å². The van der Waals surface area contributed by atoms with E-state index in [4.69, 9.17) is 4.74 Å². The van der Waals surface area contributed by atoms with Crippen molar-refractivity contribution in [2.75, 3.05) is 7.11 Å². The van der Waals surface area contributed by atoms with E-state index in [0.29, 0.717) is 0 Å². The van der Waals surface area contributed by atoms with E-state index in [1.807, 2.05) is 61.5 Å². The fourth-order valence-corrected chi connectivity index (χ4v) is 1.58. The molecular formula is C15H15NO. The summed E-state index contributed by atoms with van der Waals surface area (Å²) in [6, 6.07) is 13.9. The average molecular weight is 225 g/mol. The van der Waals surface area contributed by atoms with Gasteiger partial charge in [-0.05, 0) is 42.8 Å². The van der Waals surface area contributed by atoms with Gasteiger partial charge in [0.2, 0.25) is 0 Å². The SMILES string of the molecule is COc1cccc(/C=C/c2cccc(C)n2)c1. The third-order valence-corrected chi connectivity index (χ3v) is 2.45. The molecule has 0 atom stereocenters. The van der Waals surface area contributed by atoms with Crippen LogP contribution in [0.5, 0.6) is 5.75 Å². The van der Waals surface area contributed by atoms with E-state index in [-0.39, 0.29) is 0 Å². The molecule has 0 unspecified atom stereocenters. The van der Waals surface area contributed by atoms with Crippen LogP contribution in [0.2, 0.25) is 0 Å². The summed E-state index contributed by atoms with van der Waals surface area (Å²) in [5.41, 5.74) is 3.10. The quantitative estimate of drug-likeness (QED) is 0.796. The summed E-state index contributed by atoms with van der Waals surface area (Å²) in [6.45, 7) is 1.99. The number of nitrogens with zero attached hydrogens (tertiary/aromatic N) is 1. The van der Waals surface area contributed by atoms with Gasteiger partial charge in [-0.25, -0.2) is 0 Å². The summed E-state index contributed by atoms with van der Waals surface area (Å²) in [7, 11) is 1.67. The summed E-state index contributed by atoms with van der Waals surface area (Å²) in [6.07, 6.45) is 4.03. The second-order valence-electron chi connectivity index (χ2n) is 3.81. The van der Waals surface area contributed by atoms with Gasteiger partial charge in [-0.15, -0.1) is 0 Å². The van der Waals surface area contributed by atoms with Gasteiger partial charge in [0, 0.05) is 5.69 Å². The third kappa shape index (κ3) is 3.18. The van der Waals surface area contributed by atoms with Crippen molar-refractivity contribution in [2.45, 2.75) is 6.92 Å². The summed E-state index contributed by atoms with van der Waals surface area (Å²) < 4.78 is 5.18. The number of hydrogen-bond donors (Lipinski definition) is 0. The Kier molecular flexibility index (Phi) is 3.55. The number of hydrogen-bond acceptors (Lipinski definition) is 2. The number of aryl methyl sites for hydroxylation is 1. The fraction of sp³-hybridized carbons (Fsp3) is 0.133. The minimum absolute atomic E-state index is 0.865. The Morgan fingerprint density at radius 3 is 2.65 bits per heavy atom. The van der Waals surface area contributed by atoms with Crippen molar-refractivity contribution in [2.24, 2.45) is 0 Å². The smallest absolute Gasteiger partial charge is 0.119 e. The molecular weight excluding hydrogens is 210 g/mol. The van der Waals surface area contributed by atoms with Crippen molar-refractivity contribution in [1.29, 1.82) is 0 Å². The zero-order chi connectivity index (χ0) is 12.1. The lowest BCUT2D eigenvalue weighted by atomic mass is 10.2. The van der Waals surface area contributed by atoms with E-state index in [1.165, 1.54) is 0 Å². The van der Waals surface area contributed by atoms with Gasteiger partial charge in [0.15, 0.2) is 0 Å². The molecule has 0 radical (unpaired) electrons. The highest BCUT2D eigenvalue weighted by Gasteiger charge is 1.92. The van der Waals surface area contributed by atoms with Crippen LogP contribution < -0.4 is 4.74 Å². The standard InChI is InChI=1S/C15H15NO/c1-12-5-3-7-14(16-12)10-9-13-6-4-8-15(11-13)17-2/h3-11H,1-2H3/b10-9+. The Morgan fingerprint density at radius 2 is 1.88 bits per heavy atom. The van der Waals surface area contributed by atoms with Gasteiger partial charge in [0.25, 0.3) is 0 Å². The Hall–Kier alpha value is -2.09. The van der Waals surface area contributed by atoms with Crippen LogP contribution in [-0.2, 0) is 0 Å². The Morgan fingerprint density at radius 1 is 1.06 bits per heavy atom. The van der Waals surface area contributed by atoms with Gasteiger partial charge in [0.1, 0.15) is 5.75 Å². The molecule has 2 nitrogen and oxygen atoms in total. The summed E-state index contributed by atoms with van der Waals surface area (Å²) in [5, 5.41) is 0. The number of pyridine rings is 1. The fourth-order valence-electron chi connectivity index (χ4n) is 1.58. The van der Waals surface area contributed by atoms with Gasteiger partial charge >= 0.3 is 0 Å². The summed E-state index contributed by atoms with van der Waals surface area (Å²) in [4.78, 5) is 4.41. The van der Waals surface area contributed by atoms with Gasteiger partial charge in [0.05, 0.1) is 12.8 Å². The number of benzene rings is 1. The predicted octanol–water partition coefficient (Wildman–Crippen LogP) is 3.57. The van der Waals surface area contributed by atoms with Crippen LogP contribution in [0, 0.1) is 6.92 Å². The van der Waals surface area contributed by atoms with Crippen molar-refractivity contribution < 1.29 is 4.74 Å². The first-order valence-electron chi connectivity index (χ1n) is 5.54. The number of aromatic nitrogens is 1. The Bertz CT molecular complexity index is 532. The first-order valence-corrected chi connectivity index (χ1v) is 5.54. The second-order valence-corrected chi connectivity index (χ2v) is 3.81. The zero-order valence-corrected chi connectivity index (χ0v) is 10.1. The molecule has 2 rings (SSSR count). The van der Waals surface area contributed by atoms with Gasteiger partial charge in [-0.1, -0.05) is 24.3 Å². The minimum Gasteiger partial charge on any atom is -0.497 e. The lowest BCUT2D eigenvalue weighted by molar-refractivity contribution is 0.414. The second kappa shape index (κ2) is 5.30. The van der Waals surface area contributed by atoms with E-state index in [9.17, 15) is 0 Å². The highest BCUT2D eigenvalue weighted by molar-refractivity contribution is 5.68. The average Bonchev–Trinajstić information content (AvgIpc) is 2.37. The number of rotatable bonds is 3. The summed E-state index contributed by atoms with van der Waals surface area (Å²) in [5.74, 6) is 0.865. The maximum atomic E-state index is 5.18. The van der Waals surface area contributed by atoms with Crippen molar-refractivity contribution in [1.82, 2.24) is 4.98 Å². The van der Waals surface area contributed by atoms with Crippen LogP contribution in [0.4, 0.5) is 0 Å². The van der Waals surface area contributed by atoms with Crippen LogP contribution >= 0.6 is 0 Å². The molecule has 0 saturated carbocycles. The maximum Gasteiger partial charge on any atom is 0.119 e. The van der Waals surface area contributed by atoms with Gasteiger partial charge < -0.3 is 4.74 Å². The molecule has 0 amide bonds. The largest absolute Gasteiger partial charge is 0.497 e. The molecule has 1 heterocycles. The van der Waals surface area contributed by atoms with Crippen LogP contribution in [-0.4, -0.2) is 12.1 Å². The van der Waals surface area contributed by atoms with Crippen LogP contribution in [0.25, 0.3) is 12.2 Å². The van der Waals surface area contributed by atoms with Crippen molar-refractivity contribution in [3.05, 3.63) is 59.4 Å². The molecule has 0 saturated heterocycles.